The van der Waals surface area contributed by atoms with Crippen LogP contribution < -0.4 is 10.6 Å². The number of rotatable bonds is 15. The first-order valence-corrected chi connectivity index (χ1v) is 10.1. The van der Waals surface area contributed by atoms with Gasteiger partial charge in [-0.2, -0.15) is 0 Å². The molecular weight excluding hydrogens is 344 g/mol. The van der Waals surface area contributed by atoms with E-state index in [1.165, 1.54) is 12.8 Å². The zero-order chi connectivity index (χ0) is 20.8. The lowest BCUT2D eigenvalue weighted by atomic mass is 10.00. The molecule has 0 aliphatic heterocycles. The number of nitrogens with one attached hydrogen (secondary N) is 2. The SMILES string of the molecule is C=CCCCCCCCCC(=O)N[C@H](C(=O)N[C@H](C(=O)O)C(C)C)C(C)C. The average Bonchev–Trinajstić information content (AvgIpc) is 2.58. The van der Waals surface area contributed by atoms with E-state index < -0.39 is 24.0 Å². The molecule has 6 heteroatoms. The molecule has 0 saturated heterocycles. The molecule has 0 unspecified atom stereocenters. The lowest BCUT2D eigenvalue weighted by Gasteiger charge is -2.25. The van der Waals surface area contributed by atoms with Crippen molar-refractivity contribution in [2.75, 3.05) is 0 Å². The van der Waals surface area contributed by atoms with Gasteiger partial charge in [0.25, 0.3) is 0 Å². The molecule has 0 aromatic carbocycles. The van der Waals surface area contributed by atoms with E-state index in [1.54, 1.807) is 13.8 Å². The normalized spacial score (nSPS) is 13.3. The molecule has 0 bridgehead atoms. The summed E-state index contributed by atoms with van der Waals surface area (Å²) < 4.78 is 0. The minimum atomic E-state index is -1.07. The molecule has 0 rings (SSSR count). The van der Waals surface area contributed by atoms with Gasteiger partial charge in [-0.3, -0.25) is 9.59 Å². The number of carbonyl (C=O) groups is 3. The maximum absolute atomic E-state index is 12.4. The molecule has 6 nitrogen and oxygen atoms in total. The molecule has 0 fully saturated rings. The fourth-order valence-electron chi connectivity index (χ4n) is 2.82. The first kappa shape index (κ1) is 25.1. The van der Waals surface area contributed by atoms with Crippen LogP contribution in [-0.4, -0.2) is 35.0 Å². The van der Waals surface area contributed by atoms with Crippen LogP contribution >= 0.6 is 0 Å². The number of unbranched alkanes of at least 4 members (excludes halogenated alkanes) is 6. The van der Waals surface area contributed by atoms with Crippen molar-refractivity contribution in [1.82, 2.24) is 10.6 Å². The van der Waals surface area contributed by atoms with Crippen molar-refractivity contribution in [2.24, 2.45) is 11.8 Å². The Morgan fingerprint density at radius 1 is 0.852 bits per heavy atom. The first-order valence-electron chi connectivity index (χ1n) is 10.1. The lowest BCUT2D eigenvalue weighted by molar-refractivity contribution is -0.143. The second-order valence-corrected chi connectivity index (χ2v) is 7.81. The van der Waals surface area contributed by atoms with Crippen LogP contribution in [0, 0.1) is 11.8 Å². The Bertz CT molecular complexity index is 475. The van der Waals surface area contributed by atoms with E-state index in [0.29, 0.717) is 6.42 Å². The number of allylic oxidation sites excluding steroid dienone is 1. The average molecular weight is 383 g/mol. The van der Waals surface area contributed by atoms with Gasteiger partial charge in [-0.1, -0.05) is 59.5 Å². The summed E-state index contributed by atoms with van der Waals surface area (Å²) in [7, 11) is 0. The van der Waals surface area contributed by atoms with Crippen molar-refractivity contribution in [2.45, 2.75) is 91.1 Å². The highest BCUT2D eigenvalue weighted by Gasteiger charge is 2.29. The summed E-state index contributed by atoms with van der Waals surface area (Å²) in [5, 5.41) is 14.5. The highest BCUT2D eigenvalue weighted by Crippen LogP contribution is 2.10. The number of carbonyl (C=O) groups excluding carboxylic acids is 2. The molecule has 0 heterocycles. The van der Waals surface area contributed by atoms with E-state index in [1.807, 2.05) is 19.9 Å². The number of hydrogen-bond acceptors (Lipinski definition) is 3. The monoisotopic (exact) mass is 382 g/mol. The second kappa shape index (κ2) is 14.2. The predicted molar refractivity (Wildman–Crippen MR) is 108 cm³/mol. The quantitative estimate of drug-likeness (QED) is 0.297. The third kappa shape index (κ3) is 11.5. The molecule has 0 saturated carbocycles. The molecule has 156 valence electrons. The highest BCUT2D eigenvalue weighted by atomic mass is 16.4. The molecule has 2 atom stereocenters. The Hall–Kier alpha value is -1.85. The van der Waals surface area contributed by atoms with E-state index in [0.717, 1.165) is 32.1 Å². The van der Waals surface area contributed by atoms with Crippen LogP contribution in [0.2, 0.25) is 0 Å². The van der Waals surface area contributed by atoms with Gasteiger partial charge in [0, 0.05) is 6.42 Å². The fourth-order valence-corrected chi connectivity index (χ4v) is 2.82. The summed E-state index contributed by atoms with van der Waals surface area (Å²) in [6.45, 7) is 10.8. The topological polar surface area (TPSA) is 95.5 Å². The summed E-state index contributed by atoms with van der Waals surface area (Å²) in [4.78, 5) is 35.9. The molecule has 0 radical (unpaired) electrons. The Balaban J connectivity index is 4.32. The van der Waals surface area contributed by atoms with Gasteiger partial charge in [0.15, 0.2) is 0 Å². The number of carboxylic acids is 1. The molecule has 27 heavy (non-hydrogen) atoms. The van der Waals surface area contributed by atoms with E-state index in [2.05, 4.69) is 17.2 Å². The molecule has 0 aliphatic rings. The van der Waals surface area contributed by atoms with Crippen LogP contribution in [0.25, 0.3) is 0 Å². The molecule has 2 amide bonds. The zero-order valence-electron chi connectivity index (χ0n) is 17.4. The largest absolute Gasteiger partial charge is 0.480 e. The molecular formula is C21H38N2O4. The van der Waals surface area contributed by atoms with Crippen molar-refractivity contribution in [3.8, 4) is 0 Å². The summed E-state index contributed by atoms with van der Waals surface area (Å²) in [6, 6.07) is -1.69. The van der Waals surface area contributed by atoms with Crippen LogP contribution in [-0.2, 0) is 14.4 Å². The fraction of sp³-hybridized carbons (Fsp3) is 0.762. The third-order valence-corrected chi connectivity index (χ3v) is 4.56. The van der Waals surface area contributed by atoms with E-state index in [4.69, 9.17) is 0 Å². The highest BCUT2D eigenvalue weighted by molar-refractivity contribution is 5.90. The minimum absolute atomic E-state index is 0.125. The maximum Gasteiger partial charge on any atom is 0.326 e. The smallest absolute Gasteiger partial charge is 0.326 e. The Morgan fingerprint density at radius 2 is 1.37 bits per heavy atom. The standard InChI is InChI=1S/C21H38N2O4/c1-6-7-8-9-10-11-12-13-14-17(24)22-18(15(2)3)20(25)23-19(16(4)5)21(26)27/h6,15-16,18-19H,1,7-14H2,2-5H3,(H,22,24)(H,23,25)(H,26,27)/t18-,19-/m0/s1. The zero-order valence-corrected chi connectivity index (χ0v) is 17.4. The molecule has 0 aromatic rings. The van der Waals surface area contributed by atoms with E-state index >= 15 is 0 Å². The number of amides is 2. The van der Waals surface area contributed by atoms with Gasteiger partial charge in [-0.05, 0) is 31.1 Å². The van der Waals surface area contributed by atoms with Crippen LogP contribution in [0.15, 0.2) is 12.7 Å². The Morgan fingerprint density at radius 3 is 1.85 bits per heavy atom. The van der Waals surface area contributed by atoms with Crippen molar-refractivity contribution in [3.63, 3.8) is 0 Å². The van der Waals surface area contributed by atoms with Crippen molar-refractivity contribution >= 4 is 17.8 Å². The Labute approximate surface area is 164 Å². The molecule has 0 aliphatic carbocycles. The van der Waals surface area contributed by atoms with Crippen LogP contribution in [0.1, 0.15) is 79.1 Å². The van der Waals surface area contributed by atoms with Gasteiger partial charge >= 0.3 is 5.97 Å². The van der Waals surface area contributed by atoms with Crippen molar-refractivity contribution in [3.05, 3.63) is 12.7 Å². The molecule has 3 N–H and O–H groups in total. The third-order valence-electron chi connectivity index (χ3n) is 4.56. The number of aliphatic carboxylic acids is 1. The lowest BCUT2D eigenvalue weighted by Crippen LogP contribution is -2.54. The van der Waals surface area contributed by atoms with Gasteiger partial charge < -0.3 is 15.7 Å². The van der Waals surface area contributed by atoms with Crippen LogP contribution in [0.5, 0.6) is 0 Å². The van der Waals surface area contributed by atoms with Gasteiger partial charge in [0.05, 0.1) is 0 Å². The molecule has 0 spiro atoms. The van der Waals surface area contributed by atoms with Crippen molar-refractivity contribution < 1.29 is 19.5 Å². The summed E-state index contributed by atoms with van der Waals surface area (Å²) >= 11 is 0. The van der Waals surface area contributed by atoms with Gasteiger partial charge in [0.2, 0.25) is 11.8 Å². The van der Waals surface area contributed by atoms with Gasteiger partial charge in [0.1, 0.15) is 12.1 Å². The molecule has 0 aromatic heterocycles. The first-order chi connectivity index (χ1) is 12.7. The summed E-state index contributed by atoms with van der Waals surface area (Å²) in [5.41, 5.74) is 0. The summed E-state index contributed by atoms with van der Waals surface area (Å²) in [5.74, 6) is -2.03. The van der Waals surface area contributed by atoms with E-state index in [-0.39, 0.29) is 17.7 Å². The van der Waals surface area contributed by atoms with Crippen LogP contribution in [0.3, 0.4) is 0 Å². The van der Waals surface area contributed by atoms with Crippen LogP contribution in [0.4, 0.5) is 0 Å². The number of hydrogen-bond donors (Lipinski definition) is 3. The number of carboxylic acid groups (broad SMARTS) is 1. The Kier molecular flexibility index (Phi) is 13.3. The predicted octanol–water partition coefficient (Wildman–Crippen LogP) is 3.66. The van der Waals surface area contributed by atoms with Gasteiger partial charge in [-0.25, -0.2) is 4.79 Å². The second-order valence-electron chi connectivity index (χ2n) is 7.81. The summed E-state index contributed by atoms with van der Waals surface area (Å²) in [6.07, 6.45) is 9.79. The maximum atomic E-state index is 12.4. The van der Waals surface area contributed by atoms with Crippen molar-refractivity contribution in [1.29, 1.82) is 0 Å². The minimum Gasteiger partial charge on any atom is -0.480 e. The van der Waals surface area contributed by atoms with E-state index in [9.17, 15) is 19.5 Å². The van der Waals surface area contributed by atoms with Gasteiger partial charge in [-0.15, -0.1) is 6.58 Å².